The SMILES string of the molecule is CC(=O)Nc1ccc(S(=O)(=O)O)c(-c2nc(-c3ncccc3C)cc3cccnc23)c1. The minimum absolute atomic E-state index is 0.118. The topological polar surface area (TPSA) is 122 Å². The van der Waals surface area contributed by atoms with Crippen molar-refractivity contribution >= 4 is 32.6 Å². The highest BCUT2D eigenvalue weighted by Crippen LogP contribution is 2.35. The van der Waals surface area contributed by atoms with Gasteiger partial charge in [-0.05, 0) is 48.9 Å². The van der Waals surface area contributed by atoms with Crippen molar-refractivity contribution in [3.8, 4) is 22.6 Å². The van der Waals surface area contributed by atoms with E-state index < -0.39 is 10.1 Å². The monoisotopic (exact) mass is 434 g/mol. The lowest BCUT2D eigenvalue weighted by atomic mass is 10.0. The second-order valence-electron chi connectivity index (χ2n) is 6.97. The second-order valence-corrected chi connectivity index (χ2v) is 8.36. The van der Waals surface area contributed by atoms with Crippen molar-refractivity contribution in [2.24, 2.45) is 0 Å². The van der Waals surface area contributed by atoms with Gasteiger partial charge in [-0.3, -0.25) is 19.3 Å². The van der Waals surface area contributed by atoms with Gasteiger partial charge in [0.05, 0.1) is 22.6 Å². The van der Waals surface area contributed by atoms with E-state index in [1.54, 1.807) is 18.5 Å². The lowest BCUT2D eigenvalue weighted by Gasteiger charge is -2.14. The van der Waals surface area contributed by atoms with E-state index >= 15 is 0 Å². The predicted octanol–water partition coefficient (Wildman–Crippen LogP) is 3.87. The van der Waals surface area contributed by atoms with Crippen LogP contribution in [0.1, 0.15) is 12.5 Å². The van der Waals surface area contributed by atoms with E-state index in [1.807, 2.05) is 31.2 Å². The second kappa shape index (κ2) is 7.86. The molecular formula is C22H18N4O4S. The Kier molecular flexibility index (Phi) is 5.22. The van der Waals surface area contributed by atoms with E-state index in [1.165, 1.54) is 25.1 Å². The van der Waals surface area contributed by atoms with E-state index in [4.69, 9.17) is 0 Å². The first-order valence-corrected chi connectivity index (χ1v) is 10.8. The average Bonchev–Trinajstić information content (AvgIpc) is 2.72. The molecule has 1 aromatic carbocycles. The van der Waals surface area contributed by atoms with Crippen LogP contribution in [-0.2, 0) is 14.9 Å². The quantitative estimate of drug-likeness (QED) is 0.468. The number of aromatic nitrogens is 3. The molecule has 2 N–H and O–H groups in total. The van der Waals surface area contributed by atoms with Crippen molar-refractivity contribution in [3.63, 3.8) is 0 Å². The molecule has 0 bridgehead atoms. The van der Waals surface area contributed by atoms with Crippen LogP contribution in [0.25, 0.3) is 33.5 Å². The van der Waals surface area contributed by atoms with Crippen LogP contribution < -0.4 is 5.32 Å². The van der Waals surface area contributed by atoms with E-state index in [2.05, 4.69) is 20.3 Å². The van der Waals surface area contributed by atoms with Crippen molar-refractivity contribution < 1.29 is 17.8 Å². The molecule has 9 heteroatoms. The standard InChI is InChI=1S/C22H18N4O4S/c1-13-5-3-9-23-20(13)18-11-15-6-4-10-24-21(15)22(26-18)17-12-16(25-14(2)27)7-8-19(17)31(28,29)30/h3-12H,1-2H3,(H,25,27)(H,28,29,30). The van der Waals surface area contributed by atoms with Crippen LogP contribution in [0.4, 0.5) is 5.69 Å². The number of aryl methyl sites for hydroxylation is 1. The molecular weight excluding hydrogens is 416 g/mol. The maximum atomic E-state index is 12.1. The minimum Gasteiger partial charge on any atom is -0.326 e. The fraction of sp³-hybridized carbons (Fsp3) is 0.0909. The Bertz CT molecular complexity index is 1430. The van der Waals surface area contributed by atoms with E-state index in [0.29, 0.717) is 22.6 Å². The molecule has 0 aliphatic rings. The molecule has 4 aromatic rings. The van der Waals surface area contributed by atoms with Gasteiger partial charge in [0.2, 0.25) is 5.91 Å². The van der Waals surface area contributed by atoms with Crippen molar-refractivity contribution in [1.82, 2.24) is 15.0 Å². The molecule has 156 valence electrons. The third kappa shape index (κ3) is 4.14. The van der Waals surface area contributed by atoms with E-state index in [9.17, 15) is 17.8 Å². The Hall–Kier alpha value is -3.69. The van der Waals surface area contributed by atoms with Crippen LogP contribution in [-0.4, -0.2) is 33.8 Å². The van der Waals surface area contributed by atoms with Crippen LogP contribution in [0.5, 0.6) is 0 Å². The zero-order valence-corrected chi connectivity index (χ0v) is 17.5. The molecule has 0 atom stereocenters. The highest BCUT2D eigenvalue weighted by molar-refractivity contribution is 7.86. The van der Waals surface area contributed by atoms with Crippen LogP contribution in [0, 0.1) is 6.92 Å². The van der Waals surface area contributed by atoms with Crippen LogP contribution >= 0.6 is 0 Å². The minimum atomic E-state index is -4.58. The zero-order valence-electron chi connectivity index (χ0n) is 16.7. The molecule has 1 amide bonds. The normalized spacial score (nSPS) is 11.5. The van der Waals surface area contributed by atoms with Gasteiger partial charge >= 0.3 is 0 Å². The van der Waals surface area contributed by atoms with Gasteiger partial charge in [-0.2, -0.15) is 8.42 Å². The van der Waals surface area contributed by atoms with Crippen molar-refractivity contribution in [2.45, 2.75) is 18.7 Å². The summed E-state index contributed by atoms with van der Waals surface area (Å²) in [4.78, 5) is 24.7. The Morgan fingerprint density at radius 1 is 1.00 bits per heavy atom. The Morgan fingerprint density at radius 3 is 2.45 bits per heavy atom. The van der Waals surface area contributed by atoms with Crippen LogP contribution in [0.15, 0.2) is 65.8 Å². The summed E-state index contributed by atoms with van der Waals surface area (Å²) in [6.45, 7) is 3.24. The third-order valence-electron chi connectivity index (χ3n) is 4.67. The summed E-state index contributed by atoms with van der Waals surface area (Å²) in [5.41, 5.74) is 3.24. The summed E-state index contributed by atoms with van der Waals surface area (Å²) >= 11 is 0. The first-order valence-electron chi connectivity index (χ1n) is 9.31. The number of hydrogen-bond acceptors (Lipinski definition) is 6. The highest BCUT2D eigenvalue weighted by Gasteiger charge is 2.22. The Labute approximate surface area is 178 Å². The van der Waals surface area contributed by atoms with Gasteiger partial charge in [0.25, 0.3) is 10.1 Å². The van der Waals surface area contributed by atoms with Crippen molar-refractivity contribution in [2.75, 3.05) is 5.32 Å². The summed E-state index contributed by atoms with van der Waals surface area (Å²) in [7, 11) is -4.58. The molecule has 0 aliphatic heterocycles. The maximum absolute atomic E-state index is 12.1. The molecule has 0 saturated carbocycles. The number of carbonyl (C=O) groups excluding carboxylic acids is 1. The van der Waals surface area contributed by atoms with Crippen LogP contribution in [0.3, 0.4) is 0 Å². The third-order valence-corrected chi connectivity index (χ3v) is 5.58. The average molecular weight is 434 g/mol. The van der Waals surface area contributed by atoms with Gasteiger partial charge in [-0.25, -0.2) is 4.98 Å². The Balaban J connectivity index is 2.08. The van der Waals surface area contributed by atoms with Gasteiger partial charge in [0, 0.05) is 36.0 Å². The number of amides is 1. The number of anilines is 1. The van der Waals surface area contributed by atoms with Gasteiger partial charge in [-0.1, -0.05) is 12.1 Å². The molecule has 0 unspecified atom stereocenters. The molecule has 0 fully saturated rings. The molecule has 3 heterocycles. The molecule has 0 aliphatic carbocycles. The zero-order chi connectivity index (χ0) is 22.2. The number of benzene rings is 1. The highest BCUT2D eigenvalue weighted by atomic mass is 32.2. The number of pyridine rings is 3. The maximum Gasteiger partial charge on any atom is 0.295 e. The number of carbonyl (C=O) groups is 1. The lowest BCUT2D eigenvalue weighted by Crippen LogP contribution is -2.08. The van der Waals surface area contributed by atoms with E-state index in [0.717, 1.165) is 10.9 Å². The van der Waals surface area contributed by atoms with Gasteiger partial charge in [0.1, 0.15) is 4.90 Å². The number of hydrogen-bond donors (Lipinski definition) is 2. The Morgan fingerprint density at radius 2 is 1.74 bits per heavy atom. The number of nitrogens with one attached hydrogen (secondary N) is 1. The predicted molar refractivity (Wildman–Crippen MR) is 117 cm³/mol. The molecule has 4 rings (SSSR count). The number of fused-ring (bicyclic) bond motifs is 1. The first-order chi connectivity index (χ1) is 14.7. The van der Waals surface area contributed by atoms with Crippen molar-refractivity contribution in [1.29, 1.82) is 0 Å². The summed E-state index contributed by atoms with van der Waals surface area (Å²) in [6.07, 6.45) is 3.22. The van der Waals surface area contributed by atoms with Gasteiger partial charge in [0.15, 0.2) is 0 Å². The number of nitrogens with zero attached hydrogens (tertiary/aromatic N) is 3. The molecule has 8 nitrogen and oxygen atoms in total. The first kappa shape index (κ1) is 20.6. The molecule has 0 saturated heterocycles. The number of rotatable bonds is 4. The van der Waals surface area contributed by atoms with Crippen molar-refractivity contribution in [3.05, 3.63) is 66.5 Å². The molecule has 0 radical (unpaired) electrons. The van der Waals surface area contributed by atoms with Gasteiger partial charge in [-0.15, -0.1) is 0 Å². The summed E-state index contributed by atoms with van der Waals surface area (Å²) in [5, 5.41) is 3.34. The largest absolute Gasteiger partial charge is 0.326 e. The molecule has 3 aromatic heterocycles. The lowest BCUT2D eigenvalue weighted by molar-refractivity contribution is -0.114. The fourth-order valence-corrected chi connectivity index (χ4v) is 4.04. The fourth-order valence-electron chi connectivity index (χ4n) is 3.37. The van der Waals surface area contributed by atoms with Gasteiger partial charge < -0.3 is 5.32 Å². The summed E-state index contributed by atoms with van der Waals surface area (Å²) < 4.78 is 34.1. The molecule has 31 heavy (non-hydrogen) atoms. The smallest absolute Gasteiger partial charge is 0.295 e. The molecule has 0 spiro atoms. The van der Waals surface area contributed by atoms with Crippen LogP contribution in [0.2, 0.25) is 0 Å². The van der Waals surface area contributed by atoms with E-state index in [-0.39, 0.29) is 22.1 Å². The summed E-state index contributed by atoms with van der Waals surface area (Å²) in [5.74, 6) is -0.320. The summed E-state index contributed by atoms with van der Waals surface area (Å²) in [6, 6.07) is 13.2.